The van der Waals surface area contributed by atoms with E-state index in [1.54, 1.807) is 31.2 Å². The van der Waals surface area contributed by atoms with Crippen molar-refractivity contribution < 1.29 is 13.6 Å². The van der Waals surface area contributed by atoms with Crippen molar-refractivity contribution >= 4 is 39.8 Å². The van der Waals surface area contributed by atoms with Gasteiger partial charge in [-0.1, -0.05) is 47.2 Å². The number of hydrazone groups is 1. The molecule has 1 heterocycles. The Morgan fingerprint density at radius 2 is 2.10 bits per heavy atom. The third-order valence-electron chi connectivity index (χ3n) is 5.00. The van der Waals surface area contributed by atoms with Gasteiger partial charge in [0.05, 0.1) is 11.6 Å². The predicted molar refractivity (Wildman–Crippen MR) is 115 cm³/mol. The van der Waals surface area contributed by atoms with Crippen LogP contribution < -0.4 is 16.9 Å². The zero-order chi connectivity index (χ0) is 22.1. The predicted octanol–water partition coefficient (Wildman–Crippen LogP) is 3.69. The number of halogens is 3. The van der Waals surface area contributed by atoms with Gasteiger partial charge < -0.3 is 11.1 Å². The number of amides is 1. The minimum Gasteiger partial charge on any atom is -0.382 e. The van der Waals surface area contributed by atoms with E-state index in [0.717, 1.165) is 16.5 Å². The minimum atomic E-state index is -2.77. The maximum atomic E-state index is 13.9. The third kappa shape index (κ3) is 5.24. The number of rotatable bonds is 6. The van der Waals surface area contributed by atoms with E-state index >= 15 is 0 Å². The van der Waals surface area contributed by atoms with Crippen molar-refractivity contribution in [1.29, 1.82) is 0 Å². The highest BCUT2D eigenvalue weighted by Gasteiger charge is 2.45. The lowest BCUT2D eigenvalue weighted by Gasteiger charge is -2.23. The molecule has 0 saturated heterocycles. The van der Waals surface area contributed by atoms with Gasteiger partial charge in [-0.3, -0.25) is 4.79 Å². The molecular formula is C19H23ClF2N6OS. The number of nitrogens with one attached hydrogen (secondary N) is 1. The molecule has 1 aliphatic rings. The molecule has 2 atom stereocenters. The van der Waals surface area contributed by atoms with Gasteiger partial charge in [0.15, 0.2) is 11.0 Å². The Labute approximate surface area is 182 Å². The topological polar surface area (TPSA) is 110 Å². The molecule has 11 heteroatoms. The number of anilines is 1. The van der Waals surface area contributed by atoms with Crippen molar-refractivity contribution in [1.82, 2.24) is 10.1 Å². The molecule has 0 radical (unpaired) electrons. The first-order valence-electron chi connectivity index (χ1n) is 9.30. The Morgan fingerprint density at radius 3 is 2.60 bits per heavy atom. The lowest BCUT2D eigenvalue weighted by atomic mass is 9.83. The van der Waals surface area contributed by atoms with E-state index in [0.29, 0.717) is 26.3 Å². The molecule has 2 unspecified atom stereocenters. The fourth-order valence-electron chi connectivity index (χ4n) is 3.61. The summed E-state index contributed by atoms with van der Waals surface area (Å²) < 4.78 is 28.3. The standard InChI is InChI=1S/C19H23ClF2N6OS/c1-10-15(20)30-18(25-10)26-17(29)14(13-7-8-19(21,22)9-13)11-3-5-12(6-4-11)16(23)27-28(2)24/h3-6,13-14H,7-9,24H2,1-2H3,(H2,23,27)(H,25,26,29). The number of carbonyl (C=O) groups is 1. The van der Waals surface area contributed by atoms with Crippen molar-refractivity contribution in [3.8, 4) is 0 Å². The van der Waals surface area contributed by atoms with Crippen molar-refractivity contribution in [2.24, 2.45) is 22.6 Å². The summed E-state index contributed by atoms with van der Waals surface area (Å²) in [4.78, 5) is 17.3. The monoisotopic (exact) mass is 456 g/mol. The van der Waals surface area contributed by atoms with Gasteiger partial charge in [-0.25, -0.2) is 24.7 Å². The normalized spacial score (nSPS) is 19.5. The van der Waals surface area contributed by atoms with E-state index in [1.165, 1.54) is 7.05 Å². The van der Waals surface area contributed by atoms with Crippen LogP contribution in [-0.2, 0) is 4.79 Å². The fraction of sp³-hybridized carbons (Fsp3) is 0.421. The van der Waals surface area contributed by atoms with Gasteiger partial charge in [0.2, 0.25) is 11.8 Å². The molecule has 0 aliphatic heterocycles. The maximum absolute atomic E-state index is 13.9. The zero-order valence-corrected chi connectivity index (χ0v) is 18.1. The quantitative estimate of drug-likeness (QED) is 0.266. The number of nitrogens with two attached hydrogens (primary N) is 2. The number of amidine groups is 1. The lowest BCUT2D eigenvalue weighted by molar-refractivity contribution is -0.118. The van der Waals surface area contributed by atoms with Crippen LogP contribution in [-0.4, -0.2) is 34.8 Å². The van der Waals surface area contributed by atoms with Crippen LogP contribution in [0, 0.1) is 12.8 Å². The Kier molecular flexibility index (Phi) is 6.59. The highest BCUT2D eigenvalue weighted by Crippen LogP contribution is 2.46. The number of thiazole rings is 1. The number of hydrogen-bond donors (Lipinski definition) is 3. The van der Waals surface area contributed by atoms with E-state index in [9.17, 15) is 13.6 Å². The molecule has 1 aromatic carbocycles. The number of hydrazine groups is 1. The SMILES string of the molecule is Cc1nc(NC(=O)C(c2ccc(/C(N)=N/N(C)N)cc2)C2CCC(F)(F)C2)sc1Cl. The number of alkyl halides is 2. The Bertz CT molecular complexity index is 928. The molecular weight excluding hydrogens is 434 g/mol. The summed E-state index contributed by atoms with van der Waals surface area (Å²) in [7, 11) is 1.54. The molecule has 1 aromatic heterocycles. The van der Waals surface area contributed by atoms with Crippen LogP contribution in [0.3, 0.4) is 0 Å². The first-order chi connectivity index (χ1) is 14.1. The molecule has 1 amide bonds. The van der Waals surface area contributed by atoms with Gasteiger partial charge >= 0.3 is 0 Å². The summed E-state index contributed by atoms with van der Waals surface area (Å²) in [5.74, 6) is 1.26. The second-order valence-corrected chi connectivity index (χ2v) is 8.99. The van der Waals surface area contributed by atoms with Gasteiger partial charge in [0.25, 0.3) is 0 Å². The summed E-state index contributed by atoms with van der Waals surface area (Å²) in [6.07, 6.45) is -0.317. The average molecular weight is 457 g/mol. The highest BCUT2D eigenvalue weighted by atomic mass is 35.5. The van der Waals surface area contributed by atoms with Crippen LogP contribution in [0.4, 0.5) is 13.9 Å². The first kappa shape index (κ1) is 22.4. The molecule has 1 aliphatic carbocycles. The molecule has 30 heavy (non-hydrogen) atoms. The summed E-state index contributed by atoms with van der Waals surface area (Å²) >= 11 is 7.16. The van der Waals surface area contributed by atoms with Crippen LogP contribution in [0.5, 0.6) is 0 Å². The average Bonchev–Trinajstić information content (AvgIpc) is 3.16. The molecule has 162 valence electrons. The van der Waals surface area contributed by atoms with Crippen LogP contribution in [0.25, 0.3) is 0 Å². The van der Waals surface area contributed by atoms with E-state index in [2.05, 4.69) is 15.4 Å². The molecule has 3 rings (SSSR count). The number of benzene rings is 1. The van der Waals surface area contributed by atoms with Crippen LogP contribution in [0.2, 0.25) is 4.34 Å². The molecule has 0 spiro atoms. The Hall–Kier alpha value is -2.30. The van der Waals surface area contributed by atoms with Gasteiger partial charge in [-0.2, -0.15) is 0 Å². The molecule has 1 saturated carbocycles. The van der Waals surface area contributed by atoms with Gasteiger partial charge in [0.1, 0.15) is 4.34 Å². The second kappa shape index (κ2) is 8.83. The lowest BCUT2D eigenvalue weighted by Crippen LogP contribution is -2.28. The summed E-state index contributed by atoms with van der Waals surface area (Å²) in [6, 6.07) is 6.79. The van der Waals surface area contributed by atoms with Crippen LogP contribution in [0.15, 0.2) is 29.4 Å². The second-order valence-electron chi connectivity index (χ2n) is 7.38. The van der Waals surface area contributed by atoms with Gasteiger partial charge in [-0.15, -0.1) is 5.10 Å². The largest absolute Gasteiger partial charge is 0.382 e. The van der Waals surface area contributed by atoms with Gasteiger partial charge in [0, 0.05) is 25.5 Å². The highest BCUT2D eigenvalue weighted by molar-refractivity contribution is 7.19. The summed E-state index contributed by atoms with van der Waals surface area (Å²) in [5.41, 5.74) is 7.71. The smallest absolute Gasteiger partial charge is 0.248 e. The zero-order valence-electron chi connectivity index (χ0n) is 16.5. The maximum Gasteiger partial charge on any atom is 0.248 e. The first-order valence-corrected chi connectivity index (χ1v) is 10.5. The molecule has 1 fully saturated rings. The number of carbonyl (C=O) groups excluding carboxylic acids is 1. The summed E-state index contributed by atoms with van der Waals surface area (Å²) in [5, 5.41) is 8.09. The van der Waals surface area contributed by atoms with E-state index in [-0.39, 0.29) is 31.0 Å². The molecule has 2 aromatic rings. The number of aryl methyl sites for hydroxylation is 1. The van der Waals surface area contributed by atoms with Crippen molar-refractivity contribution in [3.05, 3.63) is 45.4 Å². The van der Waals surface area contributed by atoms with Crippen molar-refractivity contribution in [3.63, 3.8) is 0 Å². The molecule has 5 N–H and O–H groups in total. The molecule has 0 bridgehead atoms. The number of aromatic nitrogens is 1. The molecule has 7 nitrogen and oxygen atoms in total. The Morgan fingerprint density at radius 1 is 1.43 bits per heavy atom. The Balaban J connectivity index is 1.88. The van der Waals surface area contributed by atoms with Crippen molar-refractivity contribution in [2.45, 2.75) is 38.0 Å². The van der Waals surface area contributed by atoms with E-state index in [4.69, 9.17) is 23.2 Å². The van der Waals surface area contributed by atoms with E-state index in [1.807, 2.05) is 0 Å². The summed E-state index contributed by atoms with van der Waals surface area (Å²) in [6.45, 7) is 1.73. The third-order valence-corrected chi connectivity index (χ3v) is 6.36. The minimum absolute atomic E-state index is 0.202. The fourth-order valence-corrected chi connectivity index (χ4v) is 4.57. The van der Waals surface area contributed by atoms with Gasteiger partial charge in [-0.05, 0) is 24.8 Å². The number of nitrogens with zero attached hydrogens (tertiary/aromatic N) is 3. The van der Waals surface area contributed by atoms with E-state index < -0.39 is 17.8 Å². The van der Waals surface area contributed by atoms with Crippen molar-refractivity contribution in [2.75, 3.05) is 12.4 Å². The van der Waals surface area contributed by atoms with Crippen LogP contribution >= 0.6 is 22.9 Å². The van der Waals surface area contributed by atoms with Crippen LogP contribution in [0.1, 0.15) is 42.0 Å². The number of hydrogen-bond acceptors (Lipinski definition) is 6.